The van der Waals surface area contributed by atoms with Crippen LogP contribution in [0.4, 0.5) is 0 Å². The molecule has 1 atom stereocenters. The smallest absolute Gasteiger partial charge is 0.118 e. The van der Waals surface area contributed by atoms with E-state index in [2.05, 4.69) is 62.4 Å². The van der Waals surface area contributed by atoms with E-state index in [4.69, 9.17) is 4.74 Å². The molecule has 0 amide bonds. The summed E-state index contributed by atoms with van der Waals surface area (Å²) in [5.74, 6) is 1.75. The second kappa shape index (κ2) is 9.39. The third-order valence-corrected chi connectivity index (χ3v) is 4.58. The van der Waals surface area contributed by atoms with Crippen molar-refractivity contribution in [3.8, 4) is 5.75 Å². The van der Waals surface area contributed by atoms with Gasteiger partial charge in [0.2, 0.25) is 0 Å². The van der Waals surface area contributed by atoms with Gasteiger partial charge in [0, 0.05) is 0 Å². The van der Waals surface area contributed by atoms with Crippen LogP contribution in [0.1, 0.15) is 49.3 Å². The zero-order valence-corrected chi connectivity index (χ0v) is 14.8. The fourth-order valence-corrected chi connectivity index (χ4v) is 3.20. The molecular weight excluding hydrogens is 280 g/mol. The lowest BCUT2D eigenvalue weighted by atomic mass is 9.89. The maximum absolute atomic E-state index is 5.22. The van der Waals surface area contributed by atoms with Crippen LogP contribution in [0.2, 0.25) is 0 Å². The molecule has 1 heteroatoms. The fourth-order valence-electron chi connectivity index (χ4n) is 3.20. The molecule has 0 fully saturated rings. The molecule has 0 spiro atoms. The standard InChI is InChI=1S/C22H30O/c1-4-6-20(17-21-11-9-18(2)10-12-21)8-5-7-19-13-15-22(23-3)16-14-19/h9-16,20H,4-8,17H2,1-3H3/t20-/m0/s1. The van der Waals surface area contributed by atoms with Crippen molar-refractivity contribution in [3.05, 3.63) is 65.2 Å². The summed E-state index contributed by atoms with van der Waals surface area (Å²) in [7, 11) is 1.72. The van der Waals surface area contributed by atoms with Crippen LogP contribution in [-0.2, 0) is 12.8 Å². The van der Waals surface area contributed by atoms with Gasteiger partial charge in [0.05, 0.1) is 7.11 Å². The molecule has 0 N–H and O–H groups in total. The van der Waals surface area contributed by atoms with Crippen molar-refractivity contribution in [1.82, 2.24) is 0 Å². The molecule has 0 aliphatic heterocycles. The quantitative estimate of drug-likeness (QED) is 0.553. The lowest BCUT2D eigenvalue weighted by Crippen LogP contribution is -2.05. The van der Waals surface area contributed by atoms with E-state index >= 15 is 0 Å². The highest BCUT2D eigenvalue weighted by atomic mass is 16.5. The van der Waals surface area contributed by atoms with Gasteiger partial charge in [-0.2, -0.15) is 0 Å². The topological polar surface area (TPSA) is 9.23 Å². The van der Waals surface area contributed by atoms with E-state index in [-0.39, 0.29) is 0 Å². The first-order valence-electron chi connectivity index (χ1n) is 8.89. The number of hydrogen-bond donors (Lipinski definition) is 0. The number of ether oxygens (including phenoxy) is 1. The maximum Gasteiger partial charge on any atom is 0.118 e. The summed E-state index contributed by atoms with van der Waals surface area (Å²) in [6.07, 6.45) is 7.57. The van der Waals surface area contributed by atoms with Crippen LogP contribution in [0.5, 0.6) is 5.75 Å². The zero-order valence-electron chi connectivity index (χ0n) is 14.8. The van der Waals surface area contributed by atoms with Crippen molar-refractivity contribution >= 4 is 0 Å². The van der Waals surface area contributed by atoms with Crippen LogP contribution < -0.4 is 4.74 Å². The molecule has 0 aliphatic carbocycles. The van der Waals surface area contributed by atoms with Crippen molar-refractivity contribution in [1.29, 1.82) is 0 Å². The van der Waals surface area contributed by atoms with Crippen molar-refractivity contribution in [2.24, 2.45) is 5.92 Å². The fraction of sp³-hybridized carbons (Fsp3) is 0.455. The normalized spacial score (nSPS) is 12.1. The van der Waals surface area contributed by atoms with Gasteiger partial charge < -0.3 is 4.74 Å². The highest BCUT2D eigenvalue weighted by Gasteiger charge is 2.09. The van der Waals surface area contributed by atoms with E-state index in [9.17, 15) is 0 Å². The van der Waals surface area contributed by atoms with Crippen LogP contribution in [0, 0.1) is 12.8 Å². The van der Waals surface area contributed by atoms with Crippen LogP contribution in [0.3, 0.4) is 0 Å². The van der Waals surface area contributed by atoms with Gasteiger partial charge in [0.1, 0.15) is 5.75 Å². The third kappa shape index (κ3) is 6.09. The molecule has 0 aromatic heterocycles. The van der Waals surface area contributed by atoms with Gasteiger partial charge in [-0.05, 0) is 61.8 Å². The Bertz CT molecular complexity index is 554. The molecule has 0 aliphatic rings. The Balaban J connectivity index is 1.82. The van der Waals surface area contributed by atoms with Crippen molar-refractivity contribution in [3.63, 3.8) is 0 Å². The van der Waals surface area contributed by atoms with E-state index in [1.165, 1.54) is 48.8 Å². The molecule has 0 bridgehead atoms. The van der Waals surface area contributed by atoms with Crippen molar-refractivity contribution in [2.45, 2.75) is 52.4 Å². The minimum atomic E-state index is 0.806. The van der Waals surface area contributed by atoms with E-state index in [0.717, 1.165) is 18.1 Å². The van der Waals surface area contributed by atoms with Gasteiger partial charge in [0.15, 0.2) is 0 Å². The molecular formula is C22H30O. The summed E-state index contributed by atoms with van der Waals surface area (Å²) in [5.41, 5.74) is 4.25. The number of rotatable bonds is 9. The van der Waals surface area contributed by atoms with Gasteiger partial charge in [-0.25, -0.2) is 0 Å². The second-order valence-electron chi connectivity index (χ2n) is 6.58. The van der Waals surface area contributed by atoms with Crippen LogP contribution >= 0.6 is 0 Å². The Hall–Kier alpha value is -1.76. The number of benzene rings is 2. The largest absolute Gasteiger partial charge is 0.497 e. The Kier molecular flexibility index (Phi) is 7.19. The predicted molar refractivity (Wildman–Crippen MR) is 99.2 cm³/mol. The molecule has 124 valence electrons. The first kappa shape index (κ1) is 17.6. The third-order valence-electron chi connectivity index (χ3n) is 4.58. The molecule has 0 radical (unpaired) electrons. The maximum atomic E-state index is 5.22. The Morgan fingerprint density at radius 1 is 0.870 bits per heavy atom. The number of aryl methyl sites for hydroxylation is 2. The summed E-state index contributed by atoms with van der Waals surface area (Å²) in [6, 6.07) is 17.5. The minimum absolute atomic E-state index is 0.806. The Morgan fingerprint density at radius 2 is 1.52 bits per heavy atom. The average molecular weight is 310 g/mol. The molecule has 2 rings (SSSR count). The molecule has 2 aromatic carbocycles. The number of hydrogen-bond acceptors (Lipinski definition) is 1. The molecule has 0 saturated heterocycles. The summed E-state index contributed by atoms with van der Waals surface area (Å²) in [5, 5.41) is 0. The van der Waals surface area contributed by atoms with Gasteiger partial charge in [-0.1, -0.05) is 61.7 Å². The number of methoxy groups -OCH3 is 1. The second-order valence-corrected chi connectivity index (χ2v) is 6.58. The SMILES string of the molecule is CCC[C@@H](CCCc1ccc(OC)cc1)Cc1ccc(C)cc1. The Labute approximate surface area is 141 Å². The van der Waals surface area contributed by atoms with Crippen molar-refractivity contribution in [2.75, 3.05) is 7.11 Å². The van der Waals surface area contributed by atoms with E-state index < -0.39 is 0 Å². The van der Waals surface area contributed by atoms with Gasteiger partial charge in [0.25, 0.3) is 0 Å². The lowest BCUT2D eigenvalue weighted by Gasteiger charge is -2.16. The highest BCUT2D eigenvalue weighted by molar-refractivity contribution is 5.27. The summed E-state index contributed by atoms with van der Waals surface area (Å²) in [4.78, 5) is 0. The van der Waals surface area contributed by atoms with Gasteiger partial charge in [-0.3, -0.25) is 0 Å². The summed E-state index contributed by atoms with van der Waals surface area (Å²) in [6.45, 7) is 4.45. The van der Waals surface area contributed by atoms with E-state index in [1.54, 1.807) is 7.11 Å². The lowest BCUT2D eigenvalue weighted by molar-refractivity contribution is 0.414. The summed E-state index contributed by atoms with van der Waals surface area (Å²) < 4.78 is 5.22. The van der Waals surface area contributed by atoms with E-state index in [1.807, 2.05) is 0 Å². The van der Waals surface area contributed by atoms with Gasteiger partial charge in [-0.15, -0.1) is 0 Å². The molecule has 0 heterocycles. The molecule has 2 aromatic rings. The molecule has 1 nitrogen and oxygen atoms in total. The predicted octanol–water partition coefficient (Wildman–Crippen LogP) is 5.99. The molecule has 0 saturated carbocycles. The molecule has 23 heavy (non-hydrogen) atoms. The first-order chi connectivity index (χ1) is 11.2. The Morgan fingerprint density at radius 3 is 2.13 bits per heavy atom. The van der Waals surface area contributed by atoms with E-state index in [0.29, 0.717) is 0 Å². The first-order valence-corrected chi connectivity index (χ1v) is 8.89. The average Bonchev–Trinajstić information content (AvgIpc) is 2.58. The molecule has 0 unspecified atom stereocenters. The minimum Gasteiger partial charge on any atom is -0.497 e. The van der Waals surface area contributed by atoms with Crippen LogP contribution in [0.15, 0.2) is 48.5 Å². The summed E-state index contributed by atoms with van der Waals surface area (Å²) >= 11 is 0. The monoisotopic (exact) mass is 310 g/mol. The van der Waals surface area contributed by atoms with Crippen molar-refractivity contribution < 1.29 is 4.74 Å². The highest BCUT2D eigenvalue weighted by Crippen LogP contribution is 2.21. The van der Waals surface area contributed by atoms with Crippen LogP contribution in [-0.4, -0.2) is 7.11 Å². The zero-order chi connectivity index (χ0) is 16.5. The van der Waals surface area contributed by atoms with Crippen LogP contribution in [0.25, 0.3) is 0 Å². The van der Waals surface area contributed by atoms with Gasteiger partial charge >= 0.3 is 0 Å².